The summed E-state index contributed by atoms with van der Waals surface area (Å²) in [5.41, 5.74) is 0. The largest absolute Gasteiger partial charge is 0.480 e. The van der Waals surface area contributed by atoms with E-state index < -0.39 is 12.6 Å². The fourth-order valence-corrected chi connectivity index (χ4v) is 0.437. The van der Waals surface area contributed by atoms with Crippen LogP contribution in [0.3, 0.4) is 0 Å². The third-order valence-electron chi connectivity index (χ3n) is 0.895. The average molecular weight is 192 g/mol. The molecule has 0 saturated heterocycles. The molecule has 0 radical (unpaired) electrons. The lowest BCUT2D eigenvalue weighted by Gasteiger charge is -1.96. The maximum Gasteiger partial charge on any atom is 0.329 e. The molecule has 0 atom stereocenters. The van der Waals surface area contributed by atoms with Crippen LogP contribution in [0.4, 0.5) is 0 Å². The van der Waals surface area contributed by atoms with Crippen LogP contribution in [0.5, 0.6) is 0 Å². The third kappa shape index (κ3) is 18.1. The summed E-state index contributed by atoms with van der Waals surface area (Å²) >= 11 is 0. The number of rotatable bonds is 4. The van der Waals surface area contributed by atoms with Gasteiger partial charge in [-0.25, -0.2) is 4.79 Å². The number of aliphatic hydroxyl groups is 1. The number of aliphatic hydroxyl groups excluding tert-OH is 1. The maximum absolute atomic E-state index is 10.4. The molecular weight excluding hydrogens is 176 g/mol. The summed E-state index contributed by atoms with van der Waals surface area (Å²) in [5.74, 6) is -1.28. The first-order valence-corrected chi connectivity index (χ1v) is 4.06. The maximum atomic E-state index is 10.4. The fourth-order valence-electron chi connectivity index (χ4n) is 0.437. The molecule has 0 fully saturated rings. The zero-order chi connectivity index (χ0) is 10.7. The van der Waals surface area contributed by atoms with Crippen LogP contribution in [0, 0.1) is 0 Å². The molecule has 13 heavy (non-hydrogen) atoms. The minimum atomic E-state index is -1.19. The van der Waals surface area contributed by atoms with Crippen LogP contribution >= 0.6 is 0 Å². The van der Waals surface area contributed by atoms with Crippen LogP contribution in [0.2, 0.25) is 0 Å². The Bertz CT molecular complexity index is 135. The molecule has 0 spiro atoms. The van der Waals surface area contributed by atoms with Crippen LogP contribution in [0.25, 0.3) is 0 Å². The van der Waals surface area contributed by atoms with E-state index in [0.29, 0.717) is 13.0 Å². The van der Waals surface area contributed by atoms with Gasteiger partial charge in [-0.3, -0.25) is 4.79 Å². The topological polar surface area (TPSA) is 83.8 Å². The number of carboxylic acids is 1. The van der Waals surface area contributed by atoms with Gasteiger partial charge in [-0.15, -0.1) is 0 Å². The first kappa shape index (κ1) is 14.4. The lowest BCUT2D eigenvalue weighted by molar-refractivity contribution is -0.143. The molecule has 2 N–H and O–H groups in total. The second-order valence-electron chi connectivity index (χ2n) is 2.11. The van der Waals surface area contributed by atoms with E-state index in [1.165, 1.54) is 0 Å². The number of aliphatic carboxylic acids is 1. The minimum Gasteiger partial charge on any atom is -0.480 e. The van der Waals surface area contributed by atoms with E-state index >= 15 is 0 Å². The molecule has 0 bridgehead atoms. The smallest absolute Gasteiger partial charge is 0.329 e. The molecule has 5 nitrogen and oxygen atoms in total. The van der Waals surface area contributed by atoms with Crippen molar-refractivity contribution in [1.82, 2.24) is 0 Å². The van der Waals surface area contributed by atoms with Gasteiger partial charge < -0.3 is 14.9 Å². The monoisotopic (exact) mass is 192 g/mol. The Labute approximate surface area is 77.3 Å². The van der Waals surface area contributed by atoms with Gasteiger partial charge in [-0.1, -0.05) is 6.92 Å². The number of hydrogen-bond acceptors (Lipinski definition) is 4. The van der Waals surface area contributed by atoms with Crippen LogP contribution < -0.4 is 0 Å². The average Bonchev–Trinajstić information content (AvgIpc) is 2.06. The van der Waals surface area contributed by atoms with Gasteiger partial charge in [0.05, 0.1) is 6.61 Å². The lowest BCUT2D eigenvalue weighted by atomic mass is 10.3. The van der Waals surface area contributed by atoms with E-state index in [2.05, 4.69) is 4.74 Å². The molecule has 5 heteroatoms. The minimum absolute atomic E-state index is 0.0880. The summed E-state index contributed by atoms with van der Waals surface area (Å²) in [5, 5.41) is 15.0. The first-order valence-electron chi connectivity index (χ1n) is 4.06. The summed E-state index contributed by atoms with van der Waals surface area (Å²) in [4.78, 5) is 19.5. The van der Waals surface area contributed by atoms with Crippen molar-refractivity contribution in [2.45, 2.75) is 26.7 Å². The second kappa shape index (κ2) is 10.9. The highest BCUT2D eigenvalue weighted by molar-refractivity contribution is 5.69. The molecule has 0 aliphatic heterocycles. The highest BCUT2D eigenvalue weighted by atomic mass is 16.5. The molecule has 0 aliphatic rings. The van der Waals surface area contributed by atoms with Crippen LogP contribution in [0.1, 0.15) is 26.7 Å². The van der Waals surface area contributed by atoms with Gasteiger partial charge in [0.25, 0.3) is 0 Å². The summed E-state index contributed by atoms with van der Waals surface area (Å²) < 4.78 is 4.64. The highest BCUT2D eigenvalue weighted by Crippen LogP contribution is 1.89. The fraction of sp³-hybridized carbons (Fsp3) is 0.750. The number of hydrogen-bond donors (Lipinski definition) is 2. The zero-order valence-corrected chi connectivity index (χ0v) is 7.95. The van der Waals surface area contributed by atoms with Gasteiger partial charge in [0, 0.05) is 6.42 Å². The van der Waals surface area contributed by atoms with E-state index in [9.17, 15) is 4.79 Å². The Kier molecular flexibility index (Phi) is 12.1. The highest BCUT2D eigenvalue weighted by Gasteiger charge is 1.95. The molecule has 0 aromatic heterocycles. The molecule has 0 aromatic carbocycles. The first-order chi connectivity index (χ1) is 6.08. The van der Waals surface area contributed by atoms with Crippen molar-refractivity contribution in [3.63, 3.8) is 0 Å². The molecule has 0 unspecified atom stereocenters. The molecule has 0 saturated carbocycles. The molecule has 0 aliphatic carbocycles. The van der Waals surface area contributed by atoms with E-state index in [1.807, 2.05) is 13.8 Å². The summed E-state index contributed by atoms with van der Waals surface area (Å²) in [7, 11) is 0. The molecule has 0 amide bonds. The van der Waals surface area contributed by atoms with Crippen molar-refractivity contribution < 1.29 is 24.5 Å². The Morgan fingerprint density at radius 3 is 2.00 bits per heavy atom. The van der Waals surface area contributed by atoms with E-state index in [-0.39, 0.29) is 5.97 Å². The van der Waals surface area contributed by atoms with Gasteiger partial charge in [0.15, 0.2) is 0 Å². The standard InChI is InChI=1S/C6H12O2.C2H4O3/c1-3-5-6(7)8-4-2;3-1-2(4)5/h3-5H2,1-2H3;3H,1H2,(H,4,5). The van der Waals surface area contributed by atoms with Crippen molar-refractivity contribution in [2.75, 3.05) is 13.2 Å². The van der Waals surface area contributed by atoms with Gasteiger partial charge in [-0.2, -0.15) is 0 Å². The van der Waals surface area contributed by atoms with E-state index in [0.717, 1.165) is 6.42 Å². The van der Waals surface area contributed by atoms with Crippen LogP contribution in [0.15, 0.2) is 0 Å². The summed E-state index contributed by atoms with van der Waals surface area (Å²) in [6.45, 7) is 3.49. The van der Waals surface area contributed by atoms with Crippen molar-refractivity contribution in [2.24, 2.45) is 0 Å². The van der Waals surface area contributed by atoms with E-state index in [1.54, 1.807) is 0 Å². The quantitative estimate of drug-likeness (QED) is 0.630. The number of carbonyl (C=O) groups is 2. The number of carboxylic acid groups (broad SMARTS) is 1. The Morgan fingerprint density at radius 2 is 1.77 bits per heavy atom. The SMILES string of the molecule is CCCC(=O)OCC.O=C(O)CO. The van der Waals surface area contributed by atoms with Crippen LogP contribution in [-0.4, -0.2) is 35.4 Å². The van der Waals surface area contributed by atoms with Gasteiger partial charge in [0.2, 0.25) is 0 Å². The molecular formula is C8H16O5. The third-order valence-corrected chi connectivity index (χ3v) is 0.895. The predicted octanol–water partition coefficient (Wildman–Crippen LogP) is 0.413. The summed E-state index contributed by atoms with van der Waals surface area (Å²) in [6, 6.07) is 0. The second-order valence-corrected chi connectivity index (χ2v) is 2.11. The summed E-state index contributed by atoms with van der Waals surface area (Å²) in [6.07, 6.45) is 1.42. The molecule has 0 rings (SSSR count). The Balaban J connectivity index is 0. The lowest BCUT2D eigenvalue weighted by Crippen LogP contribution is -2.01. The van der Waals surface area contributed by atoms with Gasteiger partial charge in [0.1, 0.15) is 6.61 Å². The molecule has 0 aromatic rings. The van der Waals surface area contributed by atoms with Crippen molar-refractivity contribution in [3.8, 4) is 0 Å². The number of carbonyl (C=O) groups excluding carboxylic acids is 1. The van der Waals surface area contributed by atoms with E-state index in [4.69, 9.17) is 15.0 Å². The van der Waals surface area contributed by atoms with Crippen molar-refractivity contribution in [1.29, 1.82) is 0 Å². The Hall–Kier alpha value is -1.10. The van der Waals surface area contributed by atoms with Gasteiger partial charge in [-0.05, 0) is 13.3 Å². The van der Waals surface area contributed by atoms with Crippen molar-refractivity contribution >= 4 is 11.9 Å². The normalized spacial score (nSPS) is 8.23. The zero-order valence-electron chi connectivity index (χ0n) is 7.95. The van der Waals surface area contributed by atoms with Crippen molar-refractivity contribution in [3.05, 3.63) is 0 Å². The molecule has 78 valence electrons. The number of ether oxygens (including phenoxy) is 1. The van der Waals surface area contributed by atoms with Crippen LogP contribution in [-0.2, 0) is 14.3 Å². The Morgan fingerprint density at radius 1 is 1.31 bits per heavy atom. The number of esters is 1. The molecule has 0 heterocycles. The van der Waals surface area contributed by atoms with Gasteiger partial charge >= 0.3 is 11.9 Å². The predicted molar refractivity (Wildman–Crippen MR) is 46.3 cm³/mol.